The average Bonchev–Trinajstić information content (AvgIpc) is 2.25. The summed E-state index contributed by atoms with van der Waals surface area (Å²) in [6.07, 6.45) is -0.651. The molecule has 0 saturated heterocycles. The summed E-state index contributed by atoms with van der Waals surface area (Å²) >= 11 is 0. The monoisotopic (exact) mass is 279 g/mol. The number of nitrogens with two attached hydrogens (primary N) is 1. The van der Waals surface area contributed by atoms with Crippen molar-refractivity contribution in [1.82, 2.24) is 0 Å². The number of carbonyl (C=O) groups excluding carboxylic acids is 1. The Hall–Kier alpha value is -1.13. The predicted octanol–water partition coefficient (Wildman–Crippen LogP) is 3.54. The van der Waals surface area contributed by atoms with E-state index in [1.807, 2.05) is 31.2 Å². The van der Waals surface area contributed by atoms with Crippen molar-refractivity contribution in [2.45, 2.75) is 51.9 Å². The van der Waals surface area contributed by atoms with E-state index in [0.717, 1.165) is 11.1 Å². The molecule has 3 nitrogen and oxygen atoms in total. The molecule has 1 aromatic rings. The predicted molar refractivity (Wildman–Crippen MR) is 81.4 cm³/mol. The topological polar surface area (TPSA) is 52.3 Å². The van der Waals surface area contributed by atoms with E-state index in [9.17, 15) is 4.79 Å². The van der Waals surface area contributed by atoms with E-state index in [1.165, 1.54) is 0 Å². The van der Waals surface area contributed by atoms with Crippen LogP contribution in [0, 0.1) is 6.92 Å². The molecule has 2 N–H and O–H groups in total. The van der Waals surface area contributed by atoms with Gasteiger partial charge in [0.2, 0.25) is 5.91 Å². The van der Waals surface area contributed by atoms with Gasteiger partial charge in [0.15, 0.2) is 8.32 Å². The van der Waals surface area contributed by atoms with Crippen molar-refractivity contribution in [3.63, 3.8) is 0 Å². The third kappa shape index (κ3) is 3.91. The zero-order valence-corrected chi connectivity index (χ0v) is 13.8. The molecular weight excluding hydrogens is 254 g/mol. The van der Waals surface area contributed by atoms with E-state index in [2.05, 4.69) is 33.9 Å². The number of primary amides is 1. The van der Waals surface area contributed by atoms with Crippen LogP contribution in [0.1, 0.15) is 38.0 Å². The van der Waals surface area contributed by atoms with Crippen molar-refractivity contribution >= 4 is 14.2 Å². The molecule has 0 fully saturated rings. The minimum Gasteiger partial charge on any atom is -0.402 e. The minimum absolute atomic E-state index is 0.0470. The Labute approximate surface area is 117 Å². The molecule has 0 aliphatic carbocycles. The molecule has 19 heavy (non-hydrogen) atoms. The molecular formula is C15H25NO2Si. The molecule has 106 valence electrons. The van der Waals surface area contributed by atoms with Crippen molar-refractivity contribution in [1.29, 1.82) is 0 Å². The van der Waals surface area contributed by atoms with Gasteiger partial charge in [-0.2, -0.15) is 0 Å². The number of rotatable bonds is 4. The summed E-state index contributed by atoms with van der Waals surface area (Å²) in [6.45, 7) is 12.7. The van der Waals surface area contributed by atoms with Crippen LogP contribution in [0.3, 0.4) is 0 Å². The molecule has 0 radical (unpaired) electrons. The summed E-state index contributed by atoms with van der Waals surface area (Å²) in [7, 11) is -2.03. The van der Waals surface area contributed by atoms with Crippen molar-refractivity contribution in [2.75, 3.05) is 0 Å². The Kier molecular flexibility index (Phi) is 4.58. The molecule has 1 unspecified atom stereocenters. The Morgan fingerprint density at radius 2 is 1.68 bits per heavy atom. The number of benzene rings is 1. The molecule has 0 bridgehead atoms. The molecule has 0 aromatic heterocycles. The molecule has 0 saturated carbocycles. The maximum absolute atomic E-state index is 11.7. The van der Waals surface area contributed by atoms with Crippen LogP contribution in [-0.4, -0.2) is 14.2 Å². The minimum atomic E-state index is -2.03. The Balaban J connectivity index is 3.04. The first kappa shape index (κ1) is 15.9. The number of amides is 1. The van der Waals surface area contributed by atoms with Crippen LogP contribution in [0.25, 0.3) is 0 Å². The molecule has 0 aliphatic rings. The Morgan fingerprint density at radius 3 is 2.05 bits per heavy atom. The number of aryl methyl sites for hydroxylation is 1. The van der Waals surface area contributed by atoms with Gasteiger partial charge in [-0.3, -0.25) is 4.79 Å². The quantitative estimate of drug-likeness (QED) is 0.857. The second-order valence-electron chi connectivity index (χ2n) is 6.57. The largest absolute Gasteiger partial charge is 0.402 e. The molecule has 1 amide bonds. The average molecular weight is 279 g/mol. The highest BCUT2D eigenvalue weighted by atomic mass is 28.4. The standard InChI is InChI=1S/C15H25NO2Si/c1-11-7-9-12(10-8-11)13(14(16)17)18-19(5,6)15(2,3)4/h7-10,13H,1-6H3,(H2,16,17). The van der Waals surface area contributed by atoms with E-state index in [-0.39, 0.29) is 5.04 Å². The van der Waals surface area contributed by atoms with Gasteiger partial charge in [0.25, 0.3) is 0 Å². The highest BCUT2D eigenvalue weighted by molar-refractivity contribution is 6.74. The van der Waals surface area contributed by atoms with Gasteiger partial charge in [-0.1, -0.05) is 50.6 Å². The lowest BCUT2D eigenvalue weighted by Crippen LogP contribution is -2.44. The van der Waals surface area contributed by atoms with E-state index in [0.29, 0.717) is 0 Å². The van der Waals surface area contributed by atoms with Crippen LogP contribution < -0.4 is 5.73 Å². The summed E-state index contributed by atoms with van der Waals surface area (Å²) in [5, 5.41) is 0.0470. The second kappa shape index (κ2) is 5.47. The van der Waals surface area contributed by atoms with Crippen LogP contribution >= 0.6 is 0 Å². The zero-order chi connectivity index (χ0) is 14.8. The Morgan fingerprint density at radius 1 is 1.21 bits per heavy atom. The number of hydrogen-bond donors (Lipinski definition) is 1. The molecule has 0 heterocycles. The van der Waals surface area contributed by atoms with Gasteiger partial charge in [-0.25, -0.2) is 0 Å². The van der Waals surface area contributed by atoms with Crippen molar-refractivity contribution < 1.29 is 9.22 Å². The van der Waals surface area contributed by atoms with Crippen LogP contribution in [0.5, 0.6) is 0 Å². The lowest BCUT2D eigenvalue weighted by molar-refractivity contribution is -0.125. The van der Waals surface area contributed by atoms with Crippen LogP contribution in [-0.2, 0) is 9.22 Å². The fraction of sp³-hybridized carbons (Fsp3) is 0.533. The first-order valence-electron chi connectivity index (χ1n) is 6.58. The maximum Gasteiger partial charge on any atom is 0.250 e. The van der Waals surface area contributed by atoms with E-state index >= 15 is 0 Å². The highest BCUT2D eigenvalue weighted by Crippen LogP contribution is 2.39. The van der Waals surface area contributed by atoms with Crippen LogP contribution in [0.2, 0.25) is 18.1 Å². The smallest absolute Gasteiger partial charge is 0.250 e. The lowest BCUT2D eigenvalue weighted by atomic mass is 10.1. The molecule has 1 rings (SSSR count). The van der Waals surface area contributed by atoms with Gasteiger partial charge in [0.05, 0.1) is 0 Å². The number of hydrogen-bond acceptors (Lipinski definition) is 2. The fourth-order valence-electron chi connectivity index (χ4n) is 1.50. The third-order valence-corrected chi connectivity index (χ3v) is 8.29. The third-order valence-electron chi connectivity index (χ3n) is 3.86. The Bertz CT molecular complexity index is 446. The van der Waals surface area contributed by atoms with Gasteiger partial charge < -0.3 is 10.2 Å². The summed E-state index contributed by atoms with van der Waals surface area (Å²) in [4.78, 5) is 11.7. The van der Waals surface area contributed by atoms with Gasteiger partial charge in [0.1, 0.15) is 6.10 Å². The van der Waals surface area contributed by atoms with Gasteiger partial charge in [-0.05, 0) is 30.6 Å². The van der Waals surface area contributed by atoms with Crippen LogP contribution in [0.15, 0.2) is 24.3 Å². The zero-order valence-electron chi connectivity index (χ0n) is 12.8. The molecule has 1 atom stereocenters. The summed E-state index contributed by atoms with van der Waals surface area (Å²) in [6, 6.07) is 7.77. The lowest BCUT2D eigenvalue weighted by Gasteiger charge is -2.38. The van der Waals surface area contributed by atoms with Gasteiger partial charge in [0, 0.05) is 0 Å². The van der Waals surface area contributed by atoms with Crippen molar-refractivity contribution in [2.24, 2.45) is 5.73 Å². The first-order valence-corrected chi connectivity index (χ1v) is 9.49. The maximum atomic E-state index is 11.7. The fourth-order valence-corrected chi connectivity index (χ4v) is 2.70. The van der Waals surface area contributed by atoms with Gasteiger partial charge in [-0.15, -0.1) is 0 Å². The number of carbonyl (C=O) groups is 1. The normalized spacial score (nSPS) is 14.2. The summed E-state index contributed by atoms with van der Waals surface area (Å²) < 4.78 is 6.15. The summed E-state index contributed by atoms with van der Waals surface area (Å²) in [5.74, 6) is -0.423. The van der Waals surface area contributed by atoms with Crippen molar-refractivity contribution in [3.8, 4) is 0 Å². The first-order chi connectivity index (χ1) is 8.54. The van der Waals surface area contributed by atoms with Crippen molar-refractivity contribution in [3.05, 3.63) is 35.4 Å². The van der Waals surface area contributed by atoms with Crippen LogP contribution in [0.4, 0.5) is 0 Å². The van der Waals surface area contributed by atoms with E-state index in [1.54, 1.807) is 0 Å². The van der Waals surface area contributed by atoms with E-state index in [4.69, 9.17) is 10.2 Å². The molecule has 0 spiro atoms. The summed E-state index contributed by atoms with van der Waals surface area (Å²) in [5.41, 5.74) is 7.50. The van der Waals surface area contributed by atoms with Gasteiger partial charge >= 0.3 is 0 Å². The van der Waals surface area contributed by atoms with E-state index < -0.39 is 20.3 Å². The highest BCUT2D eigenvalue weighted by Gasteiger charge is 2.40. The second-order valence-corrected chi connectivity index (χ2v) is 11.3. The molecule has 1 aromatic carbocycles. The molecule has 4 heteroatoms. The SMILES string of the molecule is Cc1ccc(C(O[Si](C)(C)C(C)(C)C)C(N)=O)cc1. The molecule has 0 aliphatic heterocycles.